The number of ether oxygens (including phenoxy) is 4. The highest BCUT2D eigenvalue weighted by Gasteiger charge is 2.25. The van der Waals surface area contributed by atoms with Crippen molar-refractivity contribution < 1.29 is 28.1 Å². The molecule has 1 amide bonds. The minimum absolute atomic E-state index is 0.00712. The van der Waals surface area contributed by atoms with E-state index in [2.05, 4.69) is 15.3 Å². The number of nitrogens with zero attached hydrogens (tertiary/aromatic N) is 3. The minimum atomic E-state index is -0.501. The first-order valence-electron chi connectivity index (χ1n) is 12.1. The number of methoxy groups -OCH3 is 1. The number of nitrogens with one attached hydrogen (secondary N) is 1. The molecule has 11 heteroatoms. The molecule has 1 aliphatic heterocycles. The first-order valence-corrected chi connectivity index (χ1v) is 12.5. The minimum Gasteiger partial charge on any atom is -0.487 e. The third-order valence-corrected chi connectivity index (χ3v) is 6.22. The van der Waals surface area contributed by atoms with Crippen LogP contribution in [0.15, 0.2) is 36.7 Å². The summed E-state index contributed by atoms with van der Waals surface area (Å²) in [6, 6.07) is 8.00. The number of hydrogen-bond acceptors (Lipinski definition) is 8. The van der Waals surface area contributed by atoms with Gasteiger partial charge >= 0.3 is 0 Å². The Labute approximate surface area is 219 Å². The number of halogens is 2. The first kappa shape index (κ1) is 26.8. The lowest BCUT2D eigenvalue weighted by atomic mass is 10.1. The van der Waals surface area contributed by atoms with Gasteiger partial charge in [0.2, 0.25) is 5.91 Å². The monoisotopic (exact) mass is 532 g/mol. The average molecular weight is 533 g/mol. The van der Waals surface area contributed by atoms with Gasteiger partial charge in [-0.2, -0.15) is 0 Å². The maximum Gasteiger partial charge on any atom is 0.248 e. The summed E-state index contributed by atoms with van der Waals surface area (Å²) < 4.78 is 36.4. The van der Waals surface area contributed by atoms with Crippen LogP contribution in [0.4, 0.5) is 15.9 Å². The van der Waals surface area contributed by atoms with Crippen LogP contribution in [0.2, 0.25) is 5.02 Å². The Balaban J connectivity index is 1.58. The smallest absolute Gasteiger partial charge is 0.248 e. The fraction of sp³-hybridized carbons (Fsp3) is 0.423. The van der Waals surface area contributed by atoms with E-state index in [4.69, 9.17) is 30.5 Å². The number of anilines is 2. The quantitative estimate of drug-likeness (QED) is 0.358. The van der Waals surface area contributed by atoms with Crippen LogP contribution in [0.3, 0.4) is 0 Å². The summed E-state index contributed by atoms with van der Waals surface area (Å²) >= 11 is 5.95. The van der Waals surface area contributed by atoms with Crippen LogP contribution in [0.25, 0.3) is 10.9 Å². The molecule has 0 bridgehead atoms. The van der Waals surface area contributed by atoms with Crippen molar-refractivity contribution in [3.05, 3.63) is 47.5 Å². The molecule has 0 radical (unpaired) electrons. The second-order valence-corrected chi connectivity index (χ2v) is 8.88. The van der Waals surface area contributed by atoms with Crippen LogP contribution in [0.5, 0.6) is 11.5 Å². The number of rotatable bonds is 11. The van der Waals surface area contributed by atoms with Crippen molar-refractivity contribution >= 4 is 39.9 Å². The van der Waals surface area contributed by atoms with Gasteiger partial charge < -0.3 is 29.2 Å². The summed E-state index contributed by atoms with van der Waals surface area (Å²) in [6.45, 7) is 4.56. The Morgan fingerprint density at radius 1 is 1.16 bits per heavy atom. The summed E-state index contributed by atoms with van der Waals surface area (Å²) in [4.78, 5) is 22.7. The molecular formula is C26H30ClFN4O5. The molecule has 0 aliphatic carbocycles. The number of carbonyl (C=O) groups is 1. The topological polar surface area (TPSA) is 95.0 Å². The summed E-state index contributed by atoms with van der Waals surface area (Å²) in [5.41, 5.74) is 1.23. The Morgan fingerprint density at radius 3 is 2.70 bits per heavy atom. The van der Waals surface area contributed by atoms with Crippen molar-refractivity contribution in [2.75, 3.05) is 51.9 Å². The third-order valence-electron chi connectivity index (χ3n) is 5.93. The molecule has 0 unspecified atom stereocenters. The van der Waals surface area contributed by atoms with E-state index in [0.29, 0.717) is 79.7 Å². The predicted octanol–water partition coefficient (Wildman–Crippen LogP) is 4.60. The fourth-order valence-electron chi connectivity index (χ4n) is 4.05. The van der Waals surface area contributed by atoms with Crippen LogP contribution >= 0.6 is 11.6 Å². The fourth-order valence-corrected chi connectivity index (χ4v) is 4.23. The summed E-state index contributed by atoms with van der Waals surface area (Å²) in [5.74, 6) is 1.07. The van der Waals surface area contributed by atoms with E-state index in [1.165, 1.54) is 25.6 Å². The number of benzene rings is 2. The van der Waals surface area contributed by atoms with Crippen LogP contribution in [-0.2, 0) is 14.3 Å². The molecule has 2 aromatic carbocycles. The SMILES string of the molecule is CCOCCOc1cc2ncnc(Nc3ccc(F)c(Cl)c3)c2cc1OC1CCN(C(=O)COC)CC1. The number of amides is 1. The lowest BCUT2D eigenvalue weighted by Crippen LogP contribution is -2.43. The molecule has 0 spiro atoms. The number of piperidine rings is 1. The number of aromatic nitrogens is 2. The third kappa shape index (κ3) is 6.97. The van der Waals surface area contributed by atoms with Crippen molar-refractivity contribution in [1.82, 2.24) is 14.9 Å². The molecule has 37 heavy (non-hydrogen) atoms. The van der Waals surface area contributed by atoms with E-state index in [1.54, 1.807) is 17.0 Å². The van der Waals surface area contributed by atoms with Gasteiger partial charge in [-0.1, -0.05) is 11.6 Å². The average Bonchev–Trinajstić information content (AvgIpc) is 2.90. The Kier molecular flexibility index (Phi) is 9.32. The molecular weight excluding hydrogens is 503 g/mol. The number of hydrogen-bond donors (Lipinski definition) is 1. The van der Waals surface area contributed by atoms with E-state index in [9.17, 15) is 9.18 Å². The van der Waals surface area contributed by atoms with Crippen LogP contribution < -0.4 is 14.8 Å². The van der Waals surface area contributed by atoms with Crippen LogP contribution in [-0.4, -0.2) is 73.5 Å². The Hall–Kier alpha value is -3.21. The predicted molar refractivity (Wildman–Crippen MR) is 138 cm³/mol. The zero-order valence-electron chi connectivity index (χ0n) is 20.8. The molecule has 198 valence electrons. The summed E-state index contributed by atoms with van der Waals surface area (Å²) in [7, 11) is 1.51. The van der Waals surface area contributed by atoms with Gasteiger partial charge in [0.1, 0.15) is 37.3 Å². The molecule has 1 fully saturated rings. The van der Waals surface area contributed by atoms with Gasteiger partial charge in [0.05, 0.1) is 17.1 Å². The zero-order valence-corrected chi connectivity index (χ0v) is 21.6. The molecule has 1 saturated heterocycles. The summed E-state index contributed by atoms with van der Waals surface area (Å²) in [5, 5.41) is 3.88. The van der Waals surface area contributed by atoms with Crippen LogP contribution in [0, 0.1) is 5.82 Å². The van der Waals surface area contributed by atoms with E-state index < -0.39 is 5.82 Å². The van der Waals surface area contributed by atoms with Crippen molar-refractivity contribution in [2.45, 2.75) is 25.9 Å². The maximum absolute atomic E-state index is 13.6. The van der Waals surface area contributed by atoms with E-state index >= 15 is 0 Å². The van der Waals surface area contributed by atoms with Gasteiger partial charge in [-0.25, -0.2) is 14.4 Å². The van der Waals surface area contributed by atoms with Gasteiger partial charge in [-0.15, -0.1) is 0 Å². The largest absolute Gasteiger partial charge is 0.487 e. The van der Waals surface area contributed by atoms with Gasteiger partial charge in [0.25, 0.3) is 0 Å². The second-order valence-electron chi connectivity index (χ2n) is 8.47. The van der Waals surface area contributed by atoms with E-state index in [-0.39, 0.29) is 23.6 Å². The number of carbonyl (C=O) groups excluding carboxylic acids is 1. The molecule has 9 nitrogen and oxygen atoms in total. The van der Waals surface area contributed by atoms with E-state index in [0.717, 1.165) is 0 Å². The van der Waals surface area contributed by atoms with Gasteiger partial charge in [-0.3, -0.25) is 4.79 Å². The lowest BCUT2D eigenvalue weighted by Gasteiger charge is -2.32. The maximum atomic E-state index is 13.6. The molecule has 2 heterocycles. The van der Waals surface area contributed by atoms with Crippen molar-refractivity contribution in [2.24, 2.45) is 0 Å². The first-order chi connectivity index (χ1) is 18.0. The molecule has 4 rings (SSSR count). The van der Waals surface area contributed by atoms with E-state index in [1.807, 2.05) is 13.0 Å². The van der Waals surface area contributed by atoms with Crippen LogP contribution in [0.1, 0.15) is 19.8 Å². The van der Waals surface area contributed by atoms with Gasteiger partial charge in [-0.05, 0) is 31.2 Å². The molecule has 0 atom stereocenters. The second kappa shape index (κ2) is 12.8. The molecule has 0 saturated carbocycles. The highest BCUT2D eigenvalue weighted by molar-refractivity contribution is 6.31. The standard InChI is InChI=1S/C26H30ClFN4O5/c1-3-35-10-11-36-23-14-22-19(26(30-16-29-22)31-17-4-5-21(28)20(27)12-17)13-24(23)37-18-6-8-32(9-7-18)25(33)15-34-2/h4-5,12-14,16,18H,3,6-11,15H2,1-2H3,(H,29,30,31). The van der Waals surface area contributed by atoms with Crippen molar-refractivity contribution in [3.63, 3.8) is 0 Å². The molecule has 1 aliphatic rings. The summed E-state index contributed by atoms with van der Waals surface area (Å²) in [6.07, 6.45) is 2.69. The lowest BCUT2D eigenvalue weighted by molar-refractivity contribution is -0.136. The molecule has 1 N–H and O–H groups in total. The van der Waals surface area contributed by atoms with Gasteiger partial charge in [0.15, 0.2) is 11.5 Å². The highest BCUT2D eigenvalue weighted by atomic mass is 35.5. The Morgan fingerprint density at radius 2 is 1.97 bits per heavy atom. The number of likely N-dealkylation sites (tertiary alicyclic amines) is 1. The highest BCUT2D eigenvalue weighted by Crippen LogP contribution is 2.36. The van der Waals surface area contributed by atoms with Gasteiger partial charge in [0, 0.05) is 56.8 Å². The molecule has 1 aromatic heterocycles. The van der Waals surface area contributed by atoms with Crippen molar-refractivity contribution in [1.29, 1.82) is 0 Å². The Bertz CT molecular complexity index is 1220. The normalized spacial score (nSPS) is 14.1. The molecule has 3 aromatic rings. The zero-order chi connectivity index (χ0) is 26.2. The van der Waals surface area contributed by atoms with Crippen molar-refractivity contribution in [3.8, 4) is 11.5 Å². The number of fused-ring (bicyclic) bond motifs is 1.